The quantitative estimate of drug-likeness (QED) is 0.817. The second-order valence-corrected chi connectivity index (χ2v) is 6.40. The number of sulfonamides is 1. The van der Waals surface area contributed by atoms with Crippen LogP contribution in [0.15, 0.2) is 23.1 Å². The van der Waals surface area contributed by atoms with Crippen molar-refractivity contribution >= 4 is 15.7 Å². The first-order valence-corrected chi connectivity index (χ1v) is 7.57. The van der Waals surface area contributed by atoms with E-state index in [-0.39, 0.29) is 22.7 Å². The number of halogens is 1. The normalized spacial score (nSPS) is 21.5. The molecule has 1 fully saturated rings. The Labute approximate surface area is 112 Å². The van der Waals surface area contributed by atoms with E-state index >= 15 is 0 Å². The molecule has 3 N–H and O–H groups in total. The van der Waals surface area contributed by atoms with Crippen LogP contribution in [0.2, 0.25) is 0 Å². The minimum atomic E-state index is -3.79. The van der Waals surface area contributed by atoms with Gasteiger partial charge in [-0.2, -0.15) is 0 Å². The highest BCUT2D eigenvalue weighted by Gasteiger charge is 2.27. The fourth-order valence-corrected chi connectivity index (χ4v) is 3.46. The van der Waals surface area contributed by atoms with Crippen LogP contribution in [0.4, 0.5) is 10.1 Å². The number of nitrogen functional groups attached to an aromatic ring is 1. The molecule has 0 bridgehead atoms. The van der Waals surface area contributed by atoms with Gasteiger partial charge in [-0.15, -0.1) is 0 Å². The van der Waals surface area contributed by atoms with Gasteiger partial charge in [0.2, 0.25) is 10.0 Å². The third-order valence-electron chi connectivity index (χ3n) is 3.07. The van der Waals surface area contributed by atoms with Crippen LogP contribution in [0.5, 0.6) is 0 Å². The monoisotopic (exact) mass is 288 g/mol. The van der Waals surface area contributed by atoms with Crippen LogP contribution < -0.4 is 10.5 Å². The summed E-state index contributed by atoms with van der Waals surface area (Å²) in [5, 5.41) is 0. The van der Waals surface area contributed by atoms with E-state index in [9.17, 15) is 12.8 Å². The molecule has 1 aromatic rings. The summed E-state index contributed by atoms with van der Waals surface area (Å²) in [7, 11) is -3.79. The van der Waals surface area contributed by atoms with Gasteiger partial charge >= 0.3 is 0 Å². The molecule has 1 aliphatic heterocycles. The fourth-order valence-electron chi connectivity index (χ4n) is 2.13. The van der Waals surface area contributed by atoms with Crippen LogP contribution in [0, 0.1) is 5.82 Å². The molecule has 0 amide bonds. The van der Waals surface area contributed by atoms with E-state index in [4.69, 9.17) is 10.5 Å². The van der Waals surface area contributed by atoms with Crippen molar-refractivity contribution in [3.63, 3.8) is 0 Å². The summed E-state index contributed by atoms with van der Waals surface area (Å²) in [4.78, 5) is -0.171. The summed E-state index contributed by atoms with van der Waals surface area (Å²) in [6.07, 6.45) is 1.60. The highest BCUT2D eigenvalue weighted by molar-refractivity contribution is 7.89. The zero-order chi connectivity index (χ0) is 14.0. The maximum Gasteiger partial charge on any atom is 0.241 e. The smallest absolute Gasteiger partial charge is 0.241 e. The Morgan fingerprint density at radius 1 is 1.47 bits per heavy atom. The molecule has 2 rings (SSSR count). The van der Waals surface area contributed by atoms with Crippen LogP contribution in [0.1, 0.15) is 19.8 Å². The molecule has 1 aliphatic rings. The summed E-state index contributed by atoms with van der Waals surface area (Å²) in [5.41, 5.74) is 5.53. The molecule has 1 saturated heterocycles. The zero-order valence-electron chi connectivity index (χ0n) is 10.6. The minimum absolute atomic E-state index is 0.0742. The van der Waals surface area contributed by atoms with Gasteiger partial charge in [0, 0.05) is 18.3 Å². The van der Waals surface area contributed by atoms with Gasteiger partial charge in [0.15, 0.2) is 0 Å². The lowest BCUT2D eigenvalue weighted by molar-refractivity contribution is 0.0902. The van der Waals surface area contributed by atoms with Gasteiger partial charge in [-0.1, -0.05) is 0 Å². The maximum atomic E-state index is 13.2. The van der Waals surface area contributed by atoms with Gasteiger partial charge in [0.1, 0.15) is 5.82 Å². The number of benzene rings is 1. The van der Waals surface area contributed by atoms with Crippen LogP contribution in [-0.2, 0) is 14.8 Å². The summed E-state index contributed by atoms with van der Waals surface area (Å²) in [5.74, 6) is -0.676. The Balaban J connectivity index is 2.17. The first-order chi connectivity index (χ1) is 8.88. The van der Waals surface area contributed by atoms with Crippen molar-refractivity contribution in [2.24, 2.45) is 0 Å². The van der Waals surface area contributed by atoms with E-state index in [0.29, 0.717) is 6.61 Å². The number of nitrogens with one attached hydrogen (secondary N) is 1. The van der Waals surface area contributed by atoms with Crippen molar-refractivity contribution in [2.45, 2.75) is 36.8 Å². The predicted molar refractivity (Wildman–Crippen MR) is 69.6 cm³/mol. The molecule has 5 nitrogen and oxygen atoms in total. The molecule has 2 atom stereocenters. The summed E-state index contributed by atoms with van der Waals surface area (Å²) in [6, 6.07) is 2.88. The zero-order valence-corrected chi connectivity index (χ0v) is 11.4. The Bertz CT molecular complexity index is 536. The summed E-state index contributed by atoms with van der Waals surface area (Å²) in [6.45, 7) is 2.37. The molecule has 1 aromatic carbocycles. The van der Waals surface area contributed by atoms with Crippen molar-refractivity contribution in [2.75, 3.05) is 12.3 Å². The highest BCUT2D eigenvalue weighted by Crippen LogP contribution is 2.19. The average Bonchev–Trinajstić information content (AvgIpc) is 2.80. The lowest BCUT2D eigenvalue weighted by Crippen LogP contribution is -2.40. The molecule has 2 unspecified atom stereocenters. The number of ether oxygens (including phenoxy) is 1. The van der Waals surface area contributed by atoms with Crippen molar-refractivity contribution in [3.05, 3.63) is 24.0 Å². The average molecular weight is 288 g/mol. The second-order valence-electron chi connectivity index (χ2n) is 4.68. The van der Waals surface area contributed by atoms with Gasteiger partial charge in [-0.25, -0.2) is 17.5 Å². The van der Waals surface area contributed by atoms with E-state index in [2.05, 4.69) is 4.72 Å². The molecular formula is C12H17FN2O3S. The highest BCUT2D eigenvalue weighted by atomic mass is 32.2. The van der Waals surface area contributed by atoms with Crippen molar-refractivity contribution in [3.8, 4) is 0 Å². The van der Waals surface area contributed by atoms with E-state index in [1.54, 1.807) is 6.92 Å². The number of hydrogen-bond acceptors (Lipinski definition) is 4. The molecule has 1 heterocycles. The predicted octanol–water partition coefficient (Wildman–Crippen LogP) is 1.25. The SMILES string of the molecule is CC(NS(=O)(=O)c1cc(N)cc(F)c1)C1CCCO1. The van der Waals surface area contributed by atoms with Crippen molar-refractivity contribution < 1.29 is 17.5 Å². The fraction of sp³-hybridized carbons (Fsp3) is 0.500. The van der Waals surface area contributed by atoms with E-state index in [1.807, 2.05) is 0 Å². The van der Waals surface area contributed by atoms with E-state index < -0.39 is 15.8 Å². The topological polar surface area (TPSA) is 81.4 Å². The number of rotatable bonds is 4. The molecule has 7 heteroatoms. The summed E-state index contributed by atoms with van der Waals surface area (Å²) >= 11 is 0. The van der Waals surface area contributed by atoms with Gasteiger partial charge in [-0.05, 0) is 38.0 Å². The Morgan fingerprint density at radius 3 is 2.79 bits per heavy atom. The van der Waals surface area contributed by atoms with Gasteiger partial charge in [-0.3, -0.25) is 0 Å². The molecule has 106 valence electrons. The van der Waals surface area contributed by atoms with Gasteiger partial charge in [0.25, 0.3) is 0 Å². The third-order valence-corrected chi connectivity index (χ3v) is 4.61. The first kappa shape index (κ1) is 14.2. The second kappa shape index (κ2) is 5.44. The Morgan fingerprint density at radius 2 is 2.21 bits per heavy atom. The largest absolute Gasteiger partial charge is 0.399 e. The van der Waals surface area contributed by atoms with Crippen molar-refractivity contribution in [1.82, 2.24) is 4.72 Å². The van der Waals surface area contributed by atoms with Gasteiger partial charge in [0.05, 0.1) is 11.0 Å². The number of hydrogen-bond donors (Lipinski definition) is 2. The Hall–Kier alpha value is -1.18. The van der Waals surface area contributed by atoms with Crippen LogP contribution in [0.3, 0.4) is 0 Å². The lowest BCUT2D eigenvalue weighted by Gasteiger charge is -2.20. The minimum Gasteiger partial charge on any atom is -0.399 e. The summed E-state index contributed by atoms with van der Waals surface area (Å²) < 4.78 is 45.3. The van der Waals surface area contributed by atoms with Crippen LogP contribution in [-0.4, -0.2) is 27.2 Å². The molecule has 0 aromatic heterocycles. The molecule has 19 heavy (non-hydrogen) atoms. The standard InChI is InChI=1S/C12H17FN2O3S/c1-8(12-3-2-4-18-12)15-19(16,17)11-6-9(13)5-10(14)7-11/h5-8,12,15H,2-4,14H2,1H3. The lowest BCUT2D eigenvalue weighted by atomic mass is 10.1. The van der Waals surface area contributed by atoms with Crippen LogP contribution in [0.25, 0.3) is 0 Å². The van der Waals surface area contributed by atoms with E-state index in [1.165, 1.54) is 6.07 Å². The molecule has 0 radical (unpaired) electrons. The molecular weight excluding hydrogens is 271 g/mol. The maximum absolute atomic E-state index is 13.2. The van der Waals surface area contributed by atoms with E-state index in [0.717, 1.165) is 25.0 Å². The van der Waals surface area contributed by atoms with Crippen LogP contribution >= 0.6 is 0 Å². The van der Waals surface area contributed by atoms with Crippen molar-refractivity contribution in [1.29, 1.82) is 0 Å². The number of anilines is 1. The first-order valence-electron chi connectivity index (χ1n) is 6.08. The Kier molecular flexibility index (Phi) is 4.07. The molecule has 0 spiro atoms. The number of nitrogens with two attached hydrogens (primary N) is 1. The third kappa shape index (κ3) is 3.43. The molecule has 0 saturated carbocycles. The van der Waals surface area contributed by atoms with Gasteiger partial charge < -0.3 is 10.5 Å². The molecule has 0 aliphatic carbocycles.